The van der Waals surface area contributed by atoms with E-state index in [2.05, 4.69) is 10.0 Å². The Morgan fingerprint density at radius 1 is 1.43 bits per heavy atom. The number of aliphatic hydroxyl groups excluding tert-OH is 3. The third-order valence-electron chi connectivity index (χ3n) is 2.32. The Labute approximate surface area is 80.6 Å². The monoisotopic (exact) mass is 203 g/mol. The van der Waals surface area contributed by atoms with Crippen LogP contribution < -0.4 is 0 Å². The van der Waals surface area contributed by atoms with Crippen LogP contribution in [0.15, 0.2) is 5.11 Å². The first-order chi connectivity index (χ1) is 6.61. The van der Waals surface area contributed by atoms with Crippen LogP contribution >= 0.6 is 0 Å². The summed E-state index contributed by atoms with van der Waals surface area (Å²) in [6.07, 6.45) is -3.66. The molecule has 3 N–H and O–H groups in total. The van der Waals surface area contributed by atoms with E-state index in [1.165, 1.54) is 0 Å². The molecular weight excluding hydrogens is 190 g/mol. The molecule has 7 heteroatoms. The summed E-state index contributed by atoms with van der Waals surface area (Å²) in [4.78, 5) is 2.53. The number of ether oxygens (including phenoxy) is 1. The van der Waals surface area contributed by atoms with Crippen LogP contribution in [0.1, 0.15) is 6.92 Å². The molecule has 1 aliphatic rings. The molecule has 14 heavy (non-hydrogen) atoms. The zero-order valence-electron chi connectivity index (χ0n) is 7.69. The average molecular weight is 203 g/mol. The molecule has 3 unspecified atom stereocenters. The van der Waals surface area contributed by atoms with Gasteiger partial charge in [-0.2, -0.15) is 0 Å². The molecule has 1 rings (SSSR count). The van der Waals surface area contributed by atoms with Crippen LogP contribution in [0.4, 0.5) is 0 Å². The summed E-state index contributed by atoms with van der Waals surface area (Å²) < 4.78 is 5.16. The lowest BCUT2D eigenvalue weighted by molar-refractivity contribution is -0.180. The van der Waals surface area contributed by atoms with Gasteiger partial charge in [-0.25, -0.2) is 0 Å². The fourth-order valence-corrected chi connectivity index (χ4v) is 1.49. The van der Waals surface area contributed by atoms with Crippen molar-refractivity contribution in [1.29, 1.82) is 0 Å². The maximum absolute atomic E-state index is 9.53. The van der Waals surface area contributed by atoms with E-state index in [1.807, 2.05) is 0 Å². The van der Waals surface area contributed by atoms with Crippen molar-refractivity contribution in [3.05, 3.63) is 10.4 Å². The lowest BCUT2D eigenvalue weighted by atomic mass is 9.94. The van der Waals surface area contributed by atoms with Crippen LogP contribution in [0.25, 0.3) is 10.4 Å². The quantitative estimate of drug-likeness (QED) is 0.308. The highest BCUT2D eigenvalue weighted by Crippen LogP contribution is 2.23. The van der Waals surface area contributed by atoms with Crippen molar-refractivity contribution in [2.24, 2.45) is 5.11 Å². The second kappa shape index (κ2) is 4.59. The highest BCUT2D eigenvalue weighted by Gasteiger charge is 2.41. The normalized spacial score (nSPS) is 43.0. The number of azide groups is 1. The average Bonchev–Trinajstić information content (AvgIpc) is 2.19. The third-order valence-corrected chi connectivity index (χ3v) is 2.32. The zero-order chi connectivity index (χ0) is 10.7. The fourth-order valence-electron chi connectivity index (χ4n) is 1.49. The molecule has 1 fully saturated rings. The Hall–Kier alpha value is -0.850. The summed E-state index contributed by atoms with van der Waals surface area (Å²) in [7, 11) is 0. The van der Waals surface area contributed by atoms with Crippen LogP contribution in [-0.2, 0) is 4.74 Å². The molecule has 0 spiro atoms. The molecule has 1 aliphatic heterocycles. The summed E-state index contributed by atoms with van der Waals surface area (Å²) in [6, 6.07) is -0.948. The van der Waals surface area contributed by atoms with Gasteiger partial charge in [0.1, 0.15) is 6.10 Å². The van der Waals surface area contributed by atoms with Gasteiger partial charge < -0.3 is 20.1 Å². The minimum absolute atomic E-state index is 0.363. The van der Waals surface area contributed by atoms with Crippen molar-refractivity contribution in [3.63, 3.8) is 0 Å². The first-order valence-corrected chi connectivity index (χ1v) is 4.28. The van der Waals surface area contributed by atoms with Gasteiger partial charge in [0, 0.05) is 4.91 Å². The van der Waals surface area contributed by atoms with E-state index in [-0.39, 0.29) is 6.61 Å². The van der Waals surface area contributed by atoms with Crippen LogP contribution in [-0.4, -0.2) is 52.4 Å². The Balaban J connectivity index is 2.82. The Kier molecular flexibility index (Phi) is 3.68. The molecule has 7 nitrogen and oxygen atoms in total. The minimum Gasteiger partial charge on any atom is -0.394 e. The number of hydrogen-bond donors (Lipinski definition) is 3. The van der Waals surface area contributed by atoms with Gasteiger partial charge in [-0.3, -0.25) is 0 Å². The molecule has 0 radical (unpaired) electrons. The van der Waals surface area contributed by atoms with Gasteiger partial charge in [0.25, 0.3) is 0 Å². The second-order valence-electron chi connectivity index (χ2n) is 3.24. The maximum atomic E-state index is 9.53. The number of aliphatic hydroxyl groups is 3. The summed E-state index contributed by atoms with van der Waals surface area (Å²) in [6.45, 7) is 1.21. The van der Waals surface area contributed by atoms with E-state index < -0.39 is 30.5 Å². The molecule has 5 atom stereocenters. The highest BCUT2D eigenvalue weighted by atomic mass is 16.5. The first-order valence-electron chi connectivity index (χ1n) is 4.28. The topological polar surface area (TPSA) is 119 Å². The Morgan fingerprint density at radius 3 is 2.57 bits per heavy atom. The smallest absolute Gasteiger partial charge is 0.106 e. The molecule has 0 bridgehead atoms. The Morgan fingerprint density at radius 2 is 2.07 bits per heavy atom. The SMILES string of the molecule is C[C@@H]1OC(CO)[C@@H](N=[N+]=[N-])C(O)C1O. The highest BCUT2D eigenvalue weighted by molar-refractivity contribution is 4.95. The lowest BCUT2D eigenvalue weighted by Crippen LogP contribution is -2.56. The van der Waals surface area contributed by atoms with Crippen molar-refractivity contribution in [1.82, 2.24) is 0 Å². The van der Waals surface area contributed by atoms with Crippen molar-refractivity contribution in [3.8, 4) is 0 Å². The summed E-state index contributed by atoms with van der Waals surface area (Å²) in [5.41, 5.74) is 8.23. The zero-order valence-corrected chi connectivity index (χ0v) is 7.69. The van der Waals surface area contributed by atoms with E-state index in [0.29, 0.717) is 0 Å². The predicted octanol–water partition coefficient (Wildman–Crippen LogP) is -0.833. The number of hydrogen-bond acceptors (Lipinski definition) is 5. The summed E-state index contributed by atoms with van der Waals surface area (Å²) >= 11 is 0. The van der Waals surface area contributed by atoms with Gasteiger partial charge >= 0.3 is 0 Å². The molecular formula is C7H13N3O4. The molecule has 80 valence electrons. The van der Waals surface area contributed by atoms with Gasteiger partial charge in [0.05, 0.1) is 31.0 Å². The van der Waals surface area contributed by atoms with E-state index in [4.69, 9.17) is 15.4 Å². The molecule has 0 saturated carbocycles. The maximum Gasteiger partial charge on any atom is 0.106 e. The van der Waals surface area contributed by atoms with E-state index in [1.54, 1.807) is 6.92 Å². The fraction of sp³-hybridized carbons (Fsp3) is 1.00. The van der Waals surface area contributed by atoms with Crippen molar-refractivity contribution < 1.29 is 20.1 Å². The van der Waals surface area contributed by atoms with Crippen LogP contribution in [0, 0.1) is 0 Å². The van der Waals surface area contributed by atoms with Gasteiger partial charge in [0.15, 0.2) is 0 Å². The molecule has 0 aliphatic carbocycles. The summed E-state index contributed by atoms with van der Waals surface area (Å²) in [5, 5.41) is 31.1. The molecule has 0 aromatic heterocycles. The van der Waals surface area contributed by atoms with Crippen molar-refractivity contribution in [2.75, 3.05) is 6.61 Å². The molecule has 0 amide bonds. The molecule has 1 heterocycles. The van der Waals surface area contributed by atoms with Crippen LogP contribution in [0.2, 0.25) is 0 Å². The van der Waals surface area contributed by atoms with Crippen molar-refractivity contribution >= 4 is 0 Å². The standard InChI is InChI=1S/C7H13N3O4/c1-3-6(12)7(13)5(9-10-8)4(2-11)14-3/h3-7,11-13H,2H2,1H3/t3-,4?,5+,6?,7?/m0/s1. The molecule has 0 aromatic rings. The van der Waals surface area contributed by atoms with Gasteiger partial charge in [0.2, 0.25) is 0 Å². The van der Waals surface area contributed by atoms with E-state index in [9.17, 15) is 10.2 Å². The summed E-state index contributed by atoms with van der Waals surface area (Å²) in [5.74, 6) is 0. The molecule has 0 aromatic carbocycles. The van der Waals surface area contributed by atoms with Crippen LogP contribution in [0.5, 0.6) is 0 Å². The molecule has 1 saturated heterocycles. The Bertz CT molecular complexity index is 241. The van der Waals surface area contributed by atoms with Gasteiger partial charge in [-0.05, 0) is 12.5 Å². The van der Waals surface area contributed by atoms with Gasteiger partial charge in [-0.1, -0.05) is 5.11 Å². The van der Waals surface area contributed by atoms with Crippen molar-refractivity contribution in [2.45, 2.75) is 37.4 Å². The van der Waals surface area contributed by atoms with E-state index >= 15 is 0 Å². The third kappa shape index (κ3) is 1.97. The lowest BCUT2D eigenvalue weighted by Gasteiger charge is -2.39. The largest absolute Gasteiger partial charge is 0.394 e. The minimum atomic E-state index is -1.20. The van der Waals surface area contributed by atoms with Crippen LogP contribution in [0.3, 0.4) is 0 Å². The van der Waals surface area contributed by atoms with E-state index in [0.717, 1.165) is 0 Å². The van der Waals surface area contributed by atoms with Gasteiger partial charge in [-0.15, -0.1) is 0 Å². The first kappa shape index (κ1) is 11.2. The second-order valence-corrected chi connectivity index (χ2v) is 3.24. The predicted molar refractivity (Wildman–Crippen MR) is 46.4 cm³/mol. The number of rotatable bonds is 2. The number of nitrogens with zero attached hydrogens (tertiary/aromatic N) is 3.